The minimum absolute atomic E-state index is 0.0521. The Balaban J connectivity index is 1.02. The molecule has 5 aromatic rings. The summed E-state index contributed by atoms with van der Waals surface area (Å²) in [6.45, 7) is 5.54. The molecule has 14 nitrogen and oxygen atoms in total. The number of nitrogen functional groups attached to an aromatic ring is 1. The maximum atomic E-state index is 13.2. The number of likely N-dealkylation sites (tertiary alicyclic amines) is 1. The van der Waals surface area contributed by atoms with Gasteiger partial charge < -0.3 is 31.4 Å². The van der Waals surface area contributed by atoms with Crippen LogP contribution < -0.4 is 26.4 Å². The number of benzene rings is 1. The Bertz CT molecular complexity index is 1860. The number of rotatable bonds is 10. The predicted octanol–water partition coefficient (Wildman–Crippen LogP) is 3.76. The number of H-pyrrole nitrogens is 1. The number of aromatic amines is 1. The molecule has 45 heavy (non-hydrogen) atoms. The standard InChI is InChI=1S/C31H36N12O2/c1-17-13-35-31(38-25-10-18(2)42(3)41-25)40-28(17)23-14-34-29-22(23)11-19(32)12-24(29)37-26(44)16-43-9-7-21(15-43)45-27-6-8-33-30(39-27)36-20-4-5-20/h6,8,10-14,20-21,34H,4-5,7,9,15-16,32H2,1-3H3,(H,37,44)(H,33,36,39)(H,35,38,40,41). The van der Waals surface area contributed by atoms with Crippen molar-refractivity contribution in [2.75, 3.05) is 41.3 Å². The van der Waals surface area contributed by atoms with E-state index in [0.29, 0.717) is 47.6 Å². The molecule has 1 aliphatic carbocycles. The number of anilines is 5. The molecule has 5 heterocycles. The molecule has 0 spiro atoms. The molecule has 6 N–H and O–H groups in total. The Morgan fingerprint density at radius 1 is 1.13 bits per heavy atom. The summed E-state index contributed by atoms with van der Waals surface area (Å²) in [5.74, 6) is 2.10. The van der Waals surface area contributed by atoms with E-state index in [1.54, 1.807) is 29.2 Å². The number of nitrogens with two attached hydrogens (primary N) is 1. The van der Waals surface area contributed by atoms with Crippen LogP contribution in [0.4, 0.5) is 29.1 Å². The van der Waals surface area contributed by atoms with Gasteiger partial charge in [0.25, 0.3) is 0 Å². The van der Waals surface area contributed by atoms with E-state index in [2.05, 4.69) is 45.9 Å². The summed E-state index contributed by atoms with van der Waals surface area (Å²) in [5, 5.41) is 14.8. The number of nitrogens with one attached hydrogen (secondary N) is 4. The van der Waals surface area contributed by atoms with Crippen LogP contribution in [-0.4, -0.2) is 77.3 Å². The van der Waals surface area contributed by atoms with Gasteiger partial charge in [0.1, 0.15) is 6.10 Å². The number of amides is 1. The van der Waals surface area contributed by atoms with E-state index in [1.165, 1.54) is 0 Å². The molecule has 1 saturated heterocycles. The van der Waals surface area contributed by atoms with Gasteiger partial charge in [0, 0.05) is 79.2 Å². The third-order valence-corrected chi connectivity index (χ3v) is 8.09. The van der Waals surface area contributed by atoms with Crippen molar-refractivity contribution in [1.82, 2.24) is 39.6 Å². The van der Waals surface area contributed by atoms with Crippen LogP contribution in [0.2, 0.25) is 0 Å². The van der Waals surface area contributed by atoms with Crippen LogP contribution in [0.25, 0.3) is 22.2 Å². The highest BCUT2D eigenvalue weighted by Gasteiger charge is 2.27. The molecule has 1 amide bonds. The highest BCUT2D eigenvalue weighted by molar-refractivity contribution is 6.07. The second kappa shape index (κ2) is 11.7. The lowest BCUT2D eigenvalue weighted by molar-refractivity contribution is -0.117. The zero-order valence-corrected chi connectivity index (χ0v) is 25.5. The topological polar surface area (TPSA) is 177 Å². The van der Waals surface area contributed by atoms with E-state index in [0.717, 1.165) is 59.2 Å². The van der Waals surface area contributed by atoms with Crippen LogP contribution in [-0.2, 0) is 11.8 Å². The fourth-order valence-electron chi connectivity index (χ4n) is 5.55. The van der Waals surface area contributed by atoms with Gasteiger partial charge >= 0.3 is 0 Å². The van der Waals surface area contributed by atoms with Gasteiger partial charge in [-0.05, 0) is 50.8 Å². The SMILES string of the molecule is Cc1cnc(Nc2cc(C)n(C)n2)nc1-c1c[nH]c2c(NC(=O)CN3CCC(Oc4ccnc(NC5CC5)n4)C3)cc(N)cc12. The Hall–Kier alpha value is -5.24. The van der Waals surface area contributed by atoms with Gasteiger partial charge in [0.15, 0.2) is 5.82 Å². The van der Waals surface area contributed by atoms with Crippen molar-refractivity contribution in [2.45, 2.75) is 45.3 Å². The number of carbonyl (C=O) groups excluding carboxylic acids is 1. The predicted molar refractivity (Wildman–Crippen MR) is 172 cm³/mol. The summed E-state index contributed by atoms with van der Waals surface area (Å²) in [5.41, 5.74) is 11.7. The first-order valence-corrected chi connectivity index (χ1v) is 15.1. The van der Waals surface area contributed by atoms with Crippen molar-refractivity contribution in [3.63, 3.8) is 0 Å². The smallest absolute Gasteiger partial charge is 0.238 e. The number of hydrogen-bond donors (Lipinski definition) is 5. The van der Waals surface area contributed by atoms with Gasteiger partial charge in [0.2, 0.25) is 23.7 Å². The number of hydrogen-bond acceptors (Lipinski definition) is 11. The second-order valence-electron chi connectivity index (χ2n) is 11.8. The van der Waals surface area contributed by atoms with Crippen LogP contribution in [0.15, 0.2) is 42.9 Å². The minimum Gasteiger partial charge on any atom is -0.473 e. The normalized spacial score (nSPS) is 16.6. The maximum absolute atomic E-state index is 13.2. The molecule has 2 aliphatic rings. The number of fused-ring (bicyclic) bond motifs is 1. The Morgan fingerprint density at radius 3 is 2.80 bits per heavy atom. The van der Waals surface area contributed by atoms with Gasteiger partial charge in [-0.2, -0.15) is 10.1 Å². The molecule has 0 bridgehead atoms. The van der Waals surface area contributed by atoms with Gasteiger partial charge in [-0.3, -0.25) is 14.4 Å². The number of aryl methyl sites for hydroxylation is 3. The molecule has 0 radical (unpaired) electrons. The zero-order chi connectivity index (χ0) is 31.1. The molecular formula is C31H36N12O2. The fraction of sp³-hybridized carbons (Fsp3) is 0.355. The Kier molecular flexibility index (Phi) is 7.41. The van der Waals surface area contributed by atoms with Crippen LogP contribution in [0, 0.1) is 13.8 Å². The first kappa shape index (κ1) is 28.5. The van der Waals surface area contributed by atoms with Crippen molar-refractivity contribution in [1.29, 1.82) is 0 Å². The van der Waals surface area contributed by atoms with Crippen molar-refractivity contribution in [2.24, 2.45) is 7.05 Å². The summed E-state index contributed by atoms with van der Waals surface area (Å²) in [6.07, 6.45) is 8.40. The molecule has 1 unspecified atom stereocenters. The number of ether oxygens (including phenoxy) is 1. The summed E-state index contributed by atoms with van der Waals surface area (Å²) >= 11 is 0. The number of nitrogens with zero attached hydrogens (tertiary/aromatic N) is 7. The zero-order valence-electron chi connectivity index (χ0n) is 25.5. The molecule has 1 atom stereocenters. The van der Waals surface area contributed by atoms with Gasteiger partial charge in [-0.1, -0.05) is 0 Å². The van der Waals surface area contributed by atoms with Crippen LogP contribution in [0.1, 0.15) is 30.5 Å². The Labute approximate surface area is 259 Å². The summed E-state index contributed by atoms with van der Waals surface area (Å²) in [7, 11) is 1.88. The molecule has 1 saturated carbocycles. The number of carbonyl (C=O) groups is 1. The van der Waals surface area contributed by atoms with Gasteiger partial charge in [-0.25, -0.2) is 15.0 Å². The van der Waals surface area contributed by atoms with E-state index < -0.39 is 0 Å². The average Bonchev–Trinajstić information content (AvgIpc) is 3.38. The van der Waals surface area contributed by atoms with Crippen LogP contribution in [0.3, 0.4) is 0 Å². The third kappa shape index (κ3) is 6.36. The lowest BCUT2D eigenvalue weighted by atomic mass is 10.1. The van der Waals surface area contributed by atoms with E-state index >= 15 is 0 Å². The molecule has 7 rings (SSSR count). The second-order valence-corrected chi connectivity index (χ2v) is 11.8. The van der Waals surface area contributed by atoms with Crippen molar-refractivity contribution >= 4 is 45.9 Å². The maximum Gasteiger partial charge on any atom is 0.238 e. The quantitative estimate of drug-likeness (QED) is 0.146. The largest absolute Gasteiger partial charge is 0.473 e. The van der Waals surface area contributed by atoms with E-state index in [4.69, 9.17) is 15.5 Å². The summed E-state index contributed by atoms with van der Waals surface area (Å²) in [4.78, 5) is 36.6. The first-order valence-electron chi connectivity index (χ1n) is 15.1. The lowest BCUT2D eigenvalue weighted by Gasteiger charge is -2.17. The molecule has 4 aromatic heterocycles. The minimum atomic E-state index is -0.132. The lowest BCUT2D eigenvalue weighted by Crippen LogP contribution is -2.33. The molecule has 232 valence electrons. The monoisotopic (exact) mass is 608 g/mol. The van der Waals surface area contributed by atoms with E-state index in [9.17, 15) is 4.79 Å². The van der Waals surface area contributed by atoms with E-state index in [1.807, 2.05) is 39.2 Å². The highest BCUT2D eigenvalue weighted by Crippen LogP contribution is 2.35. The van der Waals surface area contributed by atoms with Gasteiger partial charge in [-0.15, -0.1) is 0 Å². The van der Waals surface area contributed by atoms with E-state index in [-0.39, 0.29) is 18.6 Å². The van der Waals surface area contributed by atoms with Crippen molar-refractivity contribution < 1.29 is 9.53 Å². The summed E-state index contributed by atoms with van der Waals surface area (Å²) in [6, 6.07) is 7.82. The third-order valence-electron chi connectivity index (χ3n) is 8.09. The molecule has 2 fully saturated rings. The van der Waals surface area contributed by atoms with Gasteiger partial charge in [0.05, 0.1) is 23.4 Å². The number of aromatic nitrogens is 7. The fourth-order valence-corrected chi connectivity index (χ4v) is 5.55. The van der Waals surface area contributed by atoms with Crippen molar-refractivity contribution in [3.8, 4) is 17.1 Å². The highest BCUT2D eigenvalue weighted by atomic mass is 16.5. The molecule has 1 aromatic carbocycles. The van der Waals surface area contributed by atoms with Crippen LogP contribution in [0.5, 0.6) is 5.88 Å². The Morgan fingerprint density at radius 2 is 2.00 bits per heavy atom. The average molecular weight is 609 g/mol. The molecular weight excluding hydrogens is 572 g/mol. The molecule has 1 aliphatic heterocycles. The molecule has 14 heteroatoms. The van der Waals surface area contributed by atoms with Crippen molar-refractivity contribution in [3.05, 3.63) is 54.1 Å². The first-order chi connectivity index (χ1) is 21.8. The van der Waals surface area contributed by atoms with Crippen LogP contribution >= 0.6 is 0 Å². The summed E-state index contributed by atoms with van der Waals surface area (Å²) < 4.78 is 7.90.